The Balaban J connectivity index is 2.43. The Bertz CT molecular complexity index is 136. The van der Waals surface area contributed by atoms with E-state index in [0.29, 0.717) is 6.04 Å². The highest BCUT2D eigenvalue weighted by Crippen LogP contribution is 2.16. The van der Waals surface area contributed by atoms with Gasteiger partial charge in [0, 0.05) is 12.6 Å². The molecule has 11 heavy (non-hydrogen) atoms. The molecule has 0 saturated carbocycles. The SMILES string of the molecule is CC(C)N1CCCC1NC=O. The smallest absolute Gasteiger partial charge is 0.208 e. The lowest BCUT2D eigenvalue weighted by Crippen LogP contribution is -2.44. The fraction of sp³-hybridized carbons (Fsp3) is 0.875. The average Bonchev–Trinajstić information content (AvgIpc) is 2.36. The highest BCUT2D eigenvalue weighted by atomic mass is 16.1. The van der Waals surface area contributed by atoms with Gasteiger partial charge in [-0.3, -0.25) is 9.69 Å². The Kier molecular flexibility index (Phi) is 2.88. The van der Waals surface area contributed by atoms with E-state index in [1.807, 2.05) is 0 Å². The van der Waals surface area contributed by atoms with Crippen LogP contribution in [0, 0.1) is 0 Å². The number of carbonyl (C=O) groups excluding carboxylic acids is 1. The Morgan fingerprint density at radius 3 is 2.91 bits per heavy atom. The van der Waals surface area contributed by atoms with E-state index in [4.69, 9.17) is 0 Å². The second-order valence-electron chi connectivity index (χ2n) is 3.27. The molecule has 0 aliphatic carbocycles. The molecule has 1 amide bonds. The molecule has 1 atom stereocenters. The Morgan fingerprint density at radius 2 is 2.36 bits per heavy atom. The molecule has 1 rings (SSSR count). The molecule has 1 unspecified atom stereocenters. The minimum Gasteiger partial charge on any atom is -0.343 e. The van der Waals surface area contributed by atoms with Crippen LogP contribution in [0.5, 0.6) is 0 Å². The number of hydrogen-bond donors (Lipinski definition) is 1. The van der Waals surface area contributed by atoms with E-state index in [0.717, 1.165) is 19.4 Å². The summed E-state index contributed by atoms with van der Waals surface area (Å²) >= 11 is 0. The number of amides is 1. The molecule has 0 bridgehead atoms. The Morgan fingerprint density at radius 1 is 1.64 bits per heavy atom. The van der Waals surface area contributed by atoms with Gasteiger partial charge in [0.05, 0.1) is 6.17 Å². The van der Waals surface area contributed by atoms with Gasteiger partial charge in [0.15, 0.2) is 0 Å². The first-order valence-electron chi connectivity index (χ1n) is 4.21. The zero-order chi connectivity index (χ0) is 8.27. The molecule has 0 aromatic rings. The third-order valence-electron chi connectivity index (χ3n) is 2.22. The second kappa shape index (κ2) is 3.72. The summed E-state index contributed by atoms with van der Waals surface area (Å²) < 4.78 is 0. The van der Waals surface area contributed by atoms with Crippen LogP contribution >= 0.6 is 0 Å². The van der Waals surface area contributed by atoms with Crippen LogP contribution in [0.25, 0.3) is 0 Å². The van der Waals surface area contributed by atoms with Crippen molar-refractivity contribution in [3.05, 3.63) is 0 Å². The third-order valence-corrected chi connectivity index (χ3v) is 2.22. The standard InChI is InChI=1S/C8H16N2O/c1-7(2)10-5-3-4-8(10)9-6-11/h6-8H,3-5H2,1-2H3,(H,9,11). The topological polar surface area (TPSA) is 32.3 Å². The van der Waals surface area contributed by atoms with Crippen LogP contribution in [-0.2, 0) is 4.79 Å². The summed E-state index contributed by atoms with van der Waals surface area (Å²) in [5.74, 6) is 0. The van der Waals surface area contributed by atoms with Gasteiger partial charge in [-0.2, -0.15) is 0 Å². The van der Waals surface area contributed by atoms with Crippen LogP contribution in [0.15, 0.2) is 0 Å². The van der Waals surface area contributed by atoms with Gasteiger partial charge in [-0.05, 0) is 26.7 Å². The van der Waals surface area contributed by atoms with Gasteiger partial charge in [-0.15, -0.1) is 0 Å². The highest BCUT2D eigenvalue weighted by molar-refractivity contribution is 5.46. The summed E-state index contributed by atoms with van der Waals surface area (Å²) in [4.78, 5) is 12.5. The van der Waals surface area contributed by atoms with Crippen LogP contribution < -0.4 is 5.32 Å². The van der Waals surface area contributed by atoms with Gasteiger partial charge >= 0.3 is 0 Å². The van der Waals surface area contributed by atoms with E-state index in [2.05, 4.69) is 24.1 Å². The van der Waals surface area contributed by atoms with E-state index in [9.17, 15) is 4.79 Å². The first-order valence-corrected chi connectivity index (χ1v) is 4.21. The first-order chi connectivity index (χ1) is 5.25. The number of nitrogens with one attached hydrogen (secondary N) is 1. The zero-order valence-electron chi connectivity index (χ0n) is 7.21. The monoisotopic (exact) mass is 156 g/mol. The predicted octanol–water partition coefficient (Wildman–Crippen LogP) is 0.563. The first kappa shape index (κ1) is 8.53. The normalized spacial score (nSPS) is 25.9. The zero-order valence-corrected chi connectivity index (χ0v) is 7.21. The van der Waals surface area contributed by atoms with Crippen molar-refractivity contribution in [2.75, 3.05) is 6.54 Å². The van der Waals surface area contributed by atoms with Crippen LogP contribution in [0.1, 0.15) is 26.7 Å². The largest absolute Gasteiger partial charge is 0.343 e. The van der Waals surface area contributed by atoms with Crippen LogP contribution in [0.4, 0.5) is 0 Å². The van der Waals surface area contributed by atoms with E-state index < -0.39 is 0 Å². The molecule has 1 heterocycles. The number of nitrogens with zero attached hydrogens (tertiary/aromatic N) is 1. The van der Waals surface area contributed by atoms with Crippen LogP contribution in [0.2, 0.25) is 0 Å². The molecule has 0 aromatic heterocycles. The summed E-state index contributed by atoms with van der Waals surface area (Å²) in [5.41, 5.74) is 0. The number of hydrogen-bond acceptors (Lipinski definition) is 2. The van der Waals surface area contributed by atoms with Gasteiger partial charge in [-0.25, -0.2) is 0 Å². The van der Waals surface area contributed by atoms with Crippen LogP contribution in [0.3, 0.4) is 0 Å². The molecule has 1 N–H and O–H groups in total. The quantitative estimate of drug-likeness (QED) is 0.606. The van der Waals surface area contributed by atoms with Gasteiger partial charge in [-0.1, -0.05) is 0 Å². The summed E-state index contributed by atoms with van der Waals surface area (Å²) in [6.07, 6.45) is 3.37. The summed E-state index contributed by atoms with van der Waals surface area (Å²) in [5, 5.41) is 2.82. The lowest BCUT2D eigenvalue weighted by atomic mass is 10.3. The van der Waals surface area contributed by atoms with E-state index in [1.54, 1.807) is 0 Å². The summed E-state index contributed by atoms with van der Waals surface area (Å²) in [6.45, 7) is 5.43. The van der Waals surface area contributed by atoms with Crippen molar-refractivity contribution in [3.63, 3.8) is 0 Å². The minimum atomic E-state index is 0.285. The maximum atomic E-state index is 10.2. The maximum Gasteiger partial charge on any atom is 0.208 e. The molecule has 0 aromatic carbocycles. The van der Waals surface area contributed by atoms with Crippen molar-refractivity contribution >= 4 is 6.41 Å². The number of rotatable bonds is 3. The van der Waals surface area contributed by atoms with E-state index in [-0.39, 0.29) is 6.17 Å². The molecule has 0 radical (unpaired) electrons. The molecule has 1 aliphatic heterocycles. The van der Waals surface area contributed by atoms with Gasteiger partial charge < -0.3 is 5.32 Å². The van der Waals surface area contributed by atoms with Gasteiger partial charge in [0.1, 0.15) is 0 Å². The fourth-order valence-corrected chi connectivity index (χ4v) is 1.66. The summed E-state index contributed by atoms with van der Waals surface area (Å²) in [6, 6.07) is 0.537. The van der Waals surface area contributed by atoms with Crippen molar-refractivity contribution in [2.24, 2.45) is 0 Å². The predicted molar refractivity (Wildman–Crippen MR) is 44.1 cm³/mol. The molecule has 1 saturated heterocycles. The van der Waals surface area contributed by atoms with Gasteiger partial charge in [0.25, 0.3) is 0 Å². The molecule has 0 spiro atoms. The highest BCUT2D eigenvalue weighted by Gasteiger charge is 2.25. The molecule has 3 heteroatoms. The number of likely N-dealkylation sites (tertiary alicyclic amines) is 1. The molecular formula is C8H16N2O. The molecule has 1 fully saturated rings. The van der Waals surface area contributed by atoms with E-state index >= 15 is 0 Å². The third kappa shape index (κ3) is 1.93. The van der Waals surface area contributed by atoms with Crippen LogP contribution in [-0.4, -0.2) is 30.1 Å². The van der Waals surface area contributed by atoms with Crippen molar-refractivity contribution in [1.29, 1.82) is 0 Å². The van der Waals surface area contributed by atoms with Crippen molar-refractivity contribution < 1.29 is 4.79 Å². The lowest BCUT2D eigenvalue weighted by Gasteiger charge is -2.27. The molecule has 64 valence electrons. The molecule has 3 nitrogen and oxygen atoms in total. The second-order valence-corrected chi connectivity index (χ2v) is 3.27. The molecule has 1 aliphatic rings. The Hall–Kier alpha value is -0.570. The molecular weight excluding hydrogens is 140 g/mol. The lowest BCUT2D eigenvalue weighted by molar-refractivity contribution is -0.111. The number of carbonyl (C=O) groups is 1. The van der Waals surface area contributed by atoms with Crippen molar-refractivity contribution in [2.45, 2.75) is 38.9 Å². The minimum absolute atomic E-state index is 0.285. The summed E-state index contributed by atoms with van der Waals surface area (Å²) in [7, 11) is 0. The van der Waals surface area contributed by atoms with Gasteiger partial charge in [0.2, 0.25) is 6.41 Å². The van der Waals surface area contributed by atoms with Crippen molar-refractivity contribution in [1.82, 2.24) is 10.2 Å². The Labute approximate surface area is 67.8 Å². The fourth-order valence-electron chi connectivity index (χ4n) is 1.66. The van der Waals surface area contributed by atoms with Crippen molar-refractivity contribution in [3.8, 4) is 0 Å². The van der Waals surface area contributed by atoms with E-state index in [1.165, 1.54) is 6.42 Å². The maximum absolute atomic E-state index is 10.2. The average molecular weight is 156 g/mol.